The second-order valence-corrected chi connectivity index (χ2v) is 5.11. The fourth-order valence-electron chi connectivity index (χ4n) is 2.02. The van der Waals surface area contributed by atoms with Gasteiger partial charge < -0.3 is 22.1 Å². The maximum Gasteiger partial charge on any atom is 0.229 e. The molecular formula is C16H13F3N6. The molecule has 0 saturated heterocycles. The Morgan fingerprint density at radius 2 is 1.32 bits per heavy atom. The van der Waals surface area contributed by atoms with Gasteiger partial charge in [0.25, 0.3) is 0 Å². The quantitative estimate of drug-likeness (QED) is 0.539. The lowest BCUT2D eigenvalue weighted by molar-refractivity contribution is 0.619. The first-order valence-electron chi connectivity index (χ1n) is 7.09. The maximum atomic E-state index is 13.9. The fourth-order valence-corrected chi connectivity index (χ4v) is 2.02. The summed E-state index contributed by atoms with van der Waals surface area (Å²) in [6, 6.07) is 7.83. The molecule has 0 aliphatic carbocycles. The van der Waals surface area contributed by atoms with E-state index in [1.807, 2.05) is 0 Å². The summed E-state index contributed by atoms with van der Waals surface area (Å²) in [5.41, 5.74) is 11.6. The number of aromatic nitrogens is 2. The summed E-state index contributed by atoms with van der Waals surface area (Å²) in [7, 11) is 0. The molecule has 3 aromatic rings. The van der Waals surface area contributed by atoms with E-state index in [1.54, 1.807) is 0 Å². The van der Waals surface area contributed by atoms with Gasteiger partial charge in [0, 0.05) is 11.4 Å². The summed E-state index contributed by atoms with van der Waals surface area (Å²) >= 11 is 0. The van der Waals surface area contributed by atoms with E-state index in [0.717, 1.165) is 12.3 Å². The molecule has 6 N–H and O–H groups in total. The van der Waals surface area contributed by atoms with Crippen LogP contribution in [0.4, 0.5) is 47.7 Å². The third-order valence-corrected chi connectivity index (χ3v) is 3.25. The number of anilines is 6. The Balaban J connectivity index is 1.84. The van der Waals surface area contributed by atoms with Gasteiger partial charge in [0.1, 0.15) is 11.6 Å². The number of nitrogens with one attached hydrogen (secondary N) is 2. The van der Waals surface area contributed by atoms with Crippen LogP contribution in [0.3, 0.4) is 0 Å². The average molecular weight is 346 g/mol. The highest BCUT2D eigenvalue weighted by Gasteiger charge is 2.09. The van der Waals surface area contributed by atoms with Crippen LogP contribution in [0, 0.1) is 17.5 Å². The van der Waals surface area contributed by atoms with Crippen LogP contribution in [-0.4, -0.2) is 9.97 Å². The minimum Gasteiger partial charge on any atom is -0.396 e. The monoisotopic (exact) mass is 346 g/mol. The Morgan fingerprint density at radius 3 is 1.88 bits per heavy atom. The molecule has 0 unspecified atom stereocenters. The zero-order valence-corrected chi connectivity index (χ0v) is 12.7. The summed E-state index contributed by atoms with van der Waals surface area (Å²) < 4.78 is 40.3. The predicted octanol–water partition coefficient (Wildman–Crippen LogP) is 3.55. The van der Waals surface area contributed by atoms with Crippen LogP contribution in [0.25, 0.3) is 0 Å². The summed E-state index contributed by atoms with van der Waals surface area (Å²) in [6.45, 7) is 0. The first-order valence-corrected chi connectivity index (χ1v) is 7.09. The predicted molar refractivity (Wildman–Crippen MR) is 90.2 cm³/mol. The normalized spacial score (nSPS) is 10.5. The standard InChI is InChI=1S/C16H13F3N6/c17-10-3-1-8(5-13(10)20)23-15-12(19)7-22-16(25-15)24-9-2-4-11(18)14(21)6-9/h1-7H,20-21H2,(H2,22,23,24,25). The number of hydrogen-bond donors (Lipinski definition) is 4. The van der Waals surface area contributed by atoms with Crippen molar-refractivity contribution >= 4 is 34.5 Å². The molecular weight excluding hydrogens is 333 g/mol. The molecule has 0 saturated carbocycles. The van der Waals surface area contributed by atoms with Crippen LogP contribution in [-0.2, 0) is 0 Å². The highest BCUT2D eigenvalue weighted by molar-refractivity contribution is 5.64. The SMILES string of the molecule is Nc1cc(Nc2ncc(F)c(Nc3ccc(F)c(N)c3)n2)ccc1F. The van der Waals surface area contributed by atoms with Gasteiger partial charge in [0.2, 0.25) is 5.95 Å². The van der Waals surface area contributed by atoms with Gasteiger partial charge in [0.05, 0.1) is 17.6 Å². The Hall–Kier alpha value is -3.49. The fraction of sp³-hybridized carbons (Fsp3) is 0. The lowest BCUT2D eigenvalue weighted by Gasteiger charge is -2.10. The second kappa shape index (κ2) is 6.56. The Bertz CT molecular complexity index is 932. The lowest BCUT2D eigenvalue weighted by Crippen LogP contribution is -2.04. The highest BCUT2D eigenvalue weighted by Crippen LogP contribution is 2.24. The van der Waals surface area contributed by atoms with Crippen LogP contribution in [0.2, 0.25) is 0 Å². The number of halogens is 3. The van der Waals surface area contributed by atoms with Crippen molar-refractivity contribution < 1.29 is 13.2 Å². The third-order valence-electron chi connectivity index (χ3n) is 3.25. The van der Waals surface area contributed by atoms with Crippen LogP contribution >= 0.6 is 0 Å². The van der Waals surface area contributed by atoms with Crippen LogP contribution < -0.4 is 22.1 Å². The van der Waals surface area contributed by atoms with Crippen molar-refractivity contribution in [2.24, 2.45) is 0 Å². The summed E-state index contributed by atoms with van der Waals surface area (Å²) in [5, 5.41) is 5.48. The smallest absolute Gasteiger partial charge is 0.229 e. The molecule has 0 aliphatic heterocycles. The van der Waals surface area contributed by atoms with Gasteiger partial charge >= 0.3 is 0 Å². The molecule has 0 atom stereocenters. The zero-order valence-electron chi connectivity index (χ0n) is 12.7. The van der Waals surface area contributed by atoms with E-state index < -0.39 is 17.5 Å². The van der Waals surface area contributed by atoms with Gasteiger partial charge in [-0.25, -0.2) is 18.2 Å². The molecule has 0 fully saturated rings. The van der Waals surface area contributed by atoms with Gasteiger partial charge in [-0.05, 0) is 36.4 Å². The number of benzene rings is 2. The van der Waals surface area contributed by atoms with Crippen molar-refractivity contribution in [3.8, 4) is 0 Å². The Kier molecular flexibility index (Phi) is 4.29. The molecule has 0 radical (unpaired) electrons. The minimum absolute atomic E-state index is 0.0488. The van der Waals surface area contributed by atoms with Crippen LogP contribution in [0.15, 0.2) is 42.6 Å². The van der Waals surface area contributed by atoms with Crippen LogP contribution in [0.5, 0.6) is 0 Å². The molecule has 25 heavy (non-hydrogen) atoms. The maximum absolute atomic E-state index is 13.9. The largest absolute Gasteiger partial charge is 0.396 e. The summed E-state index contributed by atoms with van der Waals surface area (Å²) in [6.07, 6.45) is 0.956. The van der Waals surface area contributed by atoms with Gasteiger partial charge in [-0.15, -0.1) is 0 Å². The second-order valence-electron chi connectivity index (χ2n) is 5.11. The van der Waals surface area contributed by atoms with Gasteiger partial charge in [-0.2, -0.15) is 4.98 Å². The molecule has 9 heteroatoms. The van der Waals surface area contributed by atoms with Crippen molar-refractivity contribution in [3.63, 3.8) is 0 Å². The van der Waals surface area contributed by atoms with Crippen molar-refractivity contribution in [2.45, 2.75) is 0 Å². The van der Waals surface area contributed by atoms with Gasteiger partial charge in [-0.3, -0.25) is 0 Å². The molecule has 2 aromatic carbocycles. The topological polar surface area (TPSA) is 102 Å². The number of hydrogen-bond acceptors (Lipinski definition) is 6. The Labute approximate surface area is 140 Å². The molecule has 1 aromatic heterocycles. The molecule has 0 amide bonds. The lowest BCUT2D eigenvalue weighted by atomic mass is 10.2. The molecule has 1 heterocycles. The minimum atomic E-state index is -0.716. The van der Waals surface area contributed by atoms with E-state index in [9.17, 15) is 13.2 Å². The van der Waals surface area contributed by atoms with Crippen molar-refractivity contribution in [3.05, 3.63) is 60.0 Å². The van der Waals surface area contributed by atoms with E-state index in [1.165, 1.54) is 30.3 Å². The number of nitrogen functional groups attached to an aromatic ring is 2. The molecule has 0 aliphatic rings. The van der Waals surface area contributed by atoms with E-state index in [-0.39, 0.29) is 23.1 Å². The highest BCUT2D eigenvalue weighted by atomic mass is 19.1. The third kappa shape index (κ3) is 3.71. The first-order chi connectivity index (χ1) is 11.9. The van der Waals surface area contributed by atoms with Crippen molar-refractivity contribution in [1.82, 2.24) is 9.97 Å². The number of nitrogens with two attached hydrogens (primary N) is 2. The first kappa shape index (κ1) is 16.4. The van der Waals surface area contributed by atoms with Gasteiger partial charge in [-0.1, -0.05) is 0 Å². The molecule has 128 valence electrons. The molecule has 0 spiro atoms. The average Bonchev–Trinajstić information content (AvgIpc) is 2.57. The van der Waals surface area contributed by atoms with E-state index in [2.05, 4.69) is 20.6 Å². The molecule has 6 nitrogen and oxygen atoms in total. The number of nitrogens with zero attached hydrogens (tertiary/aromatic N) is 2. The molecule has 0 bridgehead atoms. The van der Waals surface area contributed by atoms with Crippen molar-refractivity contribution in [1.29, 1.82) is 0 Å². The van der Waals surface area contributed by atoms with Crippen LogP contribution in [0.1, 0.15) is 0 Å². The van der Waals surface area contributed by atoms with Crippen molar-refractivity contribution in [2.75, 3.05) is 22.1 Å². The summed E-state index contributed by atoms with van der Waals surface area (Å²) in [5.74, 6) is -1.93. The number of rotatable bonds is 4. The van der Waals surface area contributed by atoms with E-state index in [4.69, 9.17) is 11.5 Å². The summed E-state index contributed by atoms with van der Waals surface area (Å²) in [4.78, 5) is 7.79. The zero-order chi connectivity index (χ0) is 18.0. The van der Waals surface area contributed by atoms with Gasteiger partial charge in [0.15, 0.2) is 11.6 Å². The van der Waals surface area contributed by atoms with E-state index >= 15 is 0 Å². The Morgan fingerprint density at radius 1 is 0.760 bits per heavy atom. The van der Waals surface area contributed by atoms with E-state index in [0.29, 0.717) is 11.4 Å². The molecule has 3 rings (SSSR count).